The number of hydrogen-bond donors (Lipinski definition) is 6. The number of carbonyl (C=O) groups excluding carboxylic acids is 4. The Balaban J connectivity index is 0.975. The van der Waals surface area contributed by atoms with Crippen molar-refractivity contribution in [2.45, 2.75) is 64.7 Å². The Labute approximate surface area is 365 Å². The fourth-order valence-electron chi connectivity index (χ4n) is 7.61. The highest BCUT2D eigenvalue weighted by Crippen LogP contribution is 2.31. The molecule has 2 aromatic carbocycles. The number of aliphatic hydroxyl groups is 2. The molecule has 2 aliphatic heterocycles. The maximum atomic E-state index is 12.9. The van der Waals surface area contributed by atoms with E-state index < -0.39 is 18.1 Å². The Bertz CT molecular complexity index is 1730. The molecular formula is C44H68N6O12. The fourth-order valence-corrected chi connectivity index (χ4v) is 7.61. The van der Waals surface area contributed by atoms with E-state index in [0.717, 1.165) is 22.5 Å². The molecule has 0 bridgehead atoms. The van der Waals surface area contributed by atoms with Crippen molar-refractivity contribution >= 4 is 46.4 Å². The zero-order chi connectivity index (χ0) is 45.0. The van der Waals surface area contributed by atoms with Gasteiger partial charge in [-0.1, -0.05) is 33.8 Å². The van der Waals surface area contributed by atoms with E-state index in [2.05, 4.69) is 21.3 Å². The Morgan fingerprint density at radius 2 is 0.984 bits per heavy atom. The molecule has 62 heavy (non-hydrogen) atoms. The van der Waals surface area contributed by atoms with E-state index in [9.17, 15) is 29.4 Å². The molecule has 4 amide bonds. The topological polar surface area (TPSA) is 219 Å². The largest absolute Gasteiger partial charge is 0.394 e. The number of amides is 4. The molecule has 0 spiro atoms. The highest BCUT2D eigenvalue weighted by Gasteiger charge is 2.34. The van der Waals surface area contributed by atoms with E-state index >= 15 is 0 Å². The lowest BCUT2D eigenvalue weighted by Gasteiger charge is -2.37. The second kappa shape index (κ2) is 26.3. The van der Waals surface area contributed by atoms with Crippen LogP contribution in [0.15, 0.2) is 36.4 Å². The molecule has 0 aliphatic carbocycles. The van der Waals surface area contributed by atoms with Crippen molar-refractivity contribution in [1.82, 2.24) is 10.6 Å². The molecule has 0 aromatic heterocycles. The molecular weight excluding hydrogens is 805 g/mol. The first-order valence-corrected chi connectivity index (χ1v) is 21.4. The number of hydrogen-bond acceptors (Lipinski definition) is 14. The maximum absolute atomic E-state index is 12.9. The minimum atomic E-state index is -0.430. The summed E-state index contributed by atoms with van der Waals surface area (Å²) in [5.41, 5.74) is 4.78. The van der Waals surface area contributed by atoms with Crippen LogP contribution in [0.25, 0.3) is 0 Å². The first-order valence-electron chi connectivity index (χ1n) is 21.4. The predicted octanol–water partition coefficient (Wildman–Crippen LogP) is 1.35. The number of carbonyl (C=O) groups is 4. The fraction of sp³-hybridized carbons (Fsp3) is 0.636. The molecule has 346 valence electrons. The van der Waals surface area contributed by atoms with Crippen molar-refractivity contribution in [2.75, 3.05) is 127 Å². The van der Waals surface area contributed by atoms with Crippen molar-refractivity contribution in [1.29, 1.82) is 0 Å². The summed E-state index contributed by atoms with van der Waals surface area (Å²) in [7, 11) is 3.74. The van der Waals surface area contributed by atoms with Gasteiger partial charge in [0, 0.05) is 36.8 Å². The highest BCUT2D eigenvalue weighted by molar-refractivity contribution is 5.94. The Morgan fingerprint density at radius 1 is 0.597 bits per heavy atom. The Hall–Kier alpha value is -4.40. The molecule has 4 rings (SSSR count). The van der Waals surface area contributed by atoms with Gasteiger partial charge in [-0.3, -0.25) is 19.2 Å². The van der Waals surface area contributed by atoms with E-state index in [1.165, 1.54) is 0 Å². The van der Waals surface area contributed by atoms with Crippen LogP contribution in [-0.4, -0.2) is 165 Å². The van der Waals surface area contributed by atoms with Crippen LogP contribution in [0.1, 0.15) is 38.8 Å². The van der Waals surface area contributed by atoms with Crippen LogP contribution in [0, 0.1) is 11.8 Å². The molecule has 2 aliphatic rings. The lowest BCUT2D eigenvalue weighted by atomic mass is 9.95. The van der Waals surface area contributed by atoms with E-state index in [0.29, 0.717) is 77.1 Å². The third-order valence-electron chi connectivity index (χ3n) is 10.5. The van der Waals surface area contributed by atoms with E-state index in [4.69, 9.17) is 28.4 Å². The summed E-state index contributed by atoms with van der Waals surface area (Å²) in [4.78, 5) is 54.7. The van der Waals surface area contributed by atoms with Crippen molar-refractivity contribution in [3.05, 3.63) is 47.5 Å². The van der Waals surface area contributed by atoms with Gasteiger partial charge < -0.3 is 69.7 Å². The van der Waals surface area contributed by atoms with Crippen LogP contribution in [0.5, 0.6) is 0 Å². The summed E-state index contributed by atoms with van der Waals surface area (Å²) in [6.45, 7) is 10.6. The minimum Gasteiger partial charge on any atom is -0.394 e. The quantitative estimate of drug-likeness (QED) is 0.0777. The van der Waals surface area contributed by atoms with Gasteiger partial charge >= 0.3 is 0 Å². The number of ether oxygens (including phenoxy) is 6. The summed E-state index contributed by atoms with van der Waals surface area (Å²) >= 11 is 0. The van der Waals surface area contributed by atoms with E-state index in [1.807, 2.05) is 75.9 Å². The van der Waals surface area contributed by atoms with Crippen LogP contribution in [0.4, 0.5) is 22.7 Å². The zero-order valence-corrected chi connectivity index (χ0v) is 37.1. The van der Waals surface area contributed by atoms with Gasteiger partial charge in [-0.2, -0.15) is 0 Å². The average Bonchev–Trinajstić information content (AvgIpc) is 3.22. The van der Waals surface area contributed by atoms with Gasteiger partial charge in [-0.05, 0) is 66.1 Å². The summed E-state index contributed by atoms with van der Waals surface area (Å²) in [6, 6.07) is 9.48. The number of benzene rings is 2. The Morgan fingerprint density at radius 3 is 1.42 bits per heavy atom. The number of nitrogens with one attached hydrogen (secondary N) is 4. The highest BCUT2D eigenvalue weighted by atomic mass is 16.6. The van der Waals surface area contributed by atoms with Gasteiger partial charge in [0.1, 0.15) is 25.3 Å². The van der Waals surface area contributed by atoms with Gasteiger partial charge in [0.2, 0.25) is 23.6 Å². The molecule has 0 radical (unpaired) electrons. The predicted molar refractivity (Wildman–Crippen MR) is 235 cm³/mol. The molecule has 0 unspecified atom stereocenters. The first-order chi connectivity index (χ1) is 29.8. The van der Waals surface area contributed by atoms with Crippen molar-refractivity contribution in [3.63, 3.8) is 0 Å². The molecule has 0 fully saturated rings. The summed E-state index contributed by atoms with van der Waals surface area (Å²) in [5.74, 6) is -0.799. The van der Waals surface area contributed by atoms with Crippen molar-refractivity contribution in [3.8, 4) is 0 Å². The number of aliphatic hydroxyl groups excluding tert-OH is 2. The second-order valence-electron chi connectivity index (χ2n) is 16.1. The molecule has 2 heterocycles. The van der Waals surface area contributed by atoms with Crippen molar-refractivity contribution in [2.24, 2.45) is 11.8 Å². The maximum Gasteiger partial charge on any atom is 0.250 e. The SMILES string of the molecule is CC(C)[C@H]1C(=O)N[C@H](CO)Cc2cc(NC(=O)COCCOCCOCCOCCOCCOCC(=O)Nc3ccc4c(c3)N(C)[C@@H](C(C)C)C(=O)N[C@H](CO)C4)ccc2N1C. The monoisotopic (exact) mass is 872 g/mol. The summed E-state index contributed by atoms with van der Waals surface area (Å²) in [5, 5.41) is 31.2. The zero-order valence-electron chi connectivity index (χ0n) is 37.1. The van der Waals surface area contributed by atoms with E-state index in [1.54, 1.807) is 12.1 Å². The van der Waals surface area contributed by atoms with Gasteiger partial charge in [-0.15, -0.1) is 0 Å². The van der Waals surface area contributed by atoms with Gasteiger partial charge in [0.15, 0.2) is 0 Å². The minimum absolute atomic E-state index is 0.0242. The van der Waals surface area contributed by atoms with Crippen LogP contribution >= 0.6 is 0 Å². The third-order valence-corrected chi connectivity index (χ3v) is 10.5. The summed E-state index contributed by atoms with van der Waals surface area (Å²) in [6.07, 6.45) is 0.899. The lowest BCUT2D eigenvalue weighted by Crippen LogP contribution is -2.54. The normalized spacial score (nSPS) is 19.2. The number of fused-ring (bicyclic) bond motifs is 2. The second-order valence-corrected chi connectivity index (χ2v) is 16.1. The third kappa shape index (κ3) is 15.7. The molecule has 6 N–H and O–H groups in total. The van der Waals surface area contributed by atoms with E-state index in [-0.39, 0.29) is 81.1 Å². The van der Waals surface area contributed by atoms with Gasteiger partial charge in [0.05, 0.1) is 91.4 Å². The Kier molecular flexibility index (Phi) is 21.3. The number of anilines is 4. The van der Waals surface area contributed by atoms with Crippen LogP contribution in [0.3, 0.4) is 0 Å². The van der Waals surface area contributed by atoms with Crippen LogP contribution in [-0.2, 0) is 60.4 Å². The molecule has 2 aromatic rings. The van der Waals surface area contributed by atoms with Crippen LogP contribution in [0.2, 0.25) is 0 Å². The first kappa shape index (κ1) is 50.2. The molecule has 18 nitrogen and oxygen atoms in total. The standard InChI is InChI=1S/C44H68N6O12/c1-29(2)41-43(55)48-36(26-52)23-32-22-33(9-10-37(32)49(41)5)45-39(53)27-61-19-17-59-15-13-57-11-12-58-14-16-60-18-20-62-28-40(54)46-34-8-7-31-21-35(25-51)47-44(56)42(30(3)4)50(6)38(31)24-34/h7-10,22,24,29-30,35-36,41-42,51-52H,11-21,23,25-28H2,1-6H3,(H,45,53)(H,46,54)(H,47,56)(H,48,55)/t35-,36-,41-,42-/m0/s1. The molecule has 4 atom stereocenters. The number of nitrogens with zero attached hydrogens (tertiary/aromatic N) is 2. The number of rotatable bonds is 25. The smallest absolute Gasteiger partial charge is 0.250 e. The van der Waals surface area contributed by atoms with Gasteiger partial charge in [-0.25, -0.2) is 0 Å². The van der Waals surface area contributed by atoms with Crippen LogP contribution < -0.4 is 31.1 Å². The van der Waals surface area contributed by atoms with Crippen molar-refractivity contribution < 1.29 is 57.8 Å². The lowest BCUT2D eigenvalue weighted by molar-refractivity contribution is -0.125. The summed E-state index contributed by atoms with van der Waals surface area (Å²) < 4.78 is 33.0. The molecule has 0 saturated carbocycles. The number of likely N-dealkylation sites (N-methyl/N-ethyl adjacent to an activating group) is 2. The molecule has 18 heteroatoms. The molecule has 0 saturated heterocycles. The van der Waals surface area contributed by atoms with Gasteiger partial charge in [0.25, 0.3) is 0 Å². The average molecular weight is 873 g/mol.